The fourth-order valence-corrected chi connectivity index (χ4v) is 2.86. The van der Waals surface area contributed by atoms with Crippen molar-refractivity contribution in [1.29, 1.82) is 0 Å². The van der Waals surface area contributed by atoms with Gasteiger partial charge in [0.25, 0.3) is 0 Å². The first-order valence-electron chi connectivity index (χ1n) is 7.01. The number of hydrogen-bond acceptors (Lipinski definition) is 3. The van der Waals surface area contributed by atoms with Gasteiger partial charge in [0.1, 0.15) is 12.1 Å². The quantitative estimate of drug-likeness (QED) is 0.568. The molecule has 0 amide bonds. The zero-order chi connectivity index (χ0) is 14.4. The summed E-state index contributed by atoms with van der Waals surface area (Å²) in [6, 6.07) is 4.74. The monoisotopic (exact) mass is 283 g/mol. The van der Waals surface area contributed by atoms with Crippen LogP contribution in [-0.2, 0) is 13.0 Å². The SMILES string of the molecule is CCCc1ncn2c1Cn1ncnc1-c1cc(F)ccc1-2. The molecular formula is C15H14FN5. The third-order valence-electron chi connectivity index (χ3n) is 3.81. The third-order valence-corrected chi connectivity index (χ3v) is 3.81. The van der Waals surface area contributed by atoms with Gasteiger partial charge in [0, 0.05) is 5.56 Å². The molecule has 0 radical (unpaired) electrons. The summed E-state index contributed by atoms with van der Waals surface area (Å²) in [4.78, 5) is 8.80. The summed E-state index contributed by atoms with van der Waals surface area (Å²) < 4.78 is 17.5. The van der Waals surface area contributed by atoms with Crippen LogP contribution in [0.5, 0.6) is 0 Å². The Morgan fingerprint density at radius 3 is 3.05 bits per heavy atom. The number of hydrogen-bond donors (Lipinski definition) is 0. The average Bonchev–Trinajstić information content (AvgIpc) is 3.06. The zero-order valence-corrected chi connectivity index (χ0v) is 11.6. The highest BCUT2D eigenvalue weighted by atomic mass is 19.1. The van der Waals surface area contributed by atoms with Crippen molar-refractivity contribution in [3.8, 4) is 17.1 Å². The second-order valence-electron chi connectivity index (χ2n) is 5.16. The smallest absolute Gasteiger partial charge is 0.160 e. The van der Waals surface area contributed by atoms with Gasteiger partial charge < -0.3 is 4.57 Å². The number of aryl methyl sites for hydroxylation is 1. The topological polar surface area (TPSA) is 48.5 Å². The van der Waals surface area contributed by atoms with Gasteiger partial charge in [0.2, 0.25) is 0 Å². The summed E-state index contributed by atoms with van der Waals surface area (Å²) in [7, 11) is 0. The maximum atomic E-state index is 13.6. The van der Waals surface area contributed by atoms with E-state index in [0.717, 1.165) is 35.5 Å². The van der Waals surface area contributed by atoms with Gasteiger partial charge in [-0.3, -0.25) is 0 Å². The number of aromatic nitrogens is 5. The van der Waals surface area contributed by atoms with Crippen LogP contribution in [0, 0.1) is 5.82 Å². The van der Waals surface area contributed by atoms with E-state index in [-0.39, 0.29) is 5.82 Å². The van der Waals surface area contributed by atoms with Gasteiger partial charge in [-0.1, -0.05) is 13.3 Å². The summed E-state index contributed by atoms with van der Waals surface area (Å²) in [5, 5.41) is 4.27. The highest BCUT2D eigenvalue weighted by Gasteiger charge is 2.23. The molecule has 0 N–H and O–H groups in total. The molecule has 6 heteroatoms. The molecule has 21 heavy (non-hydrogen) atoms. The molecule has 0 aliphatic carbocycles. The first kappa shape index (κ1) is 12.3. The molecule has 0 bridgehead atoms. The van der Waals surface area contributed by atoms with Crippen LogP contribution in [0.1, 0.15) is 24.7 Å². The Morgan fingerprint density at radius 2 is 2.19 bits per heavy atom. The van der Waals surface area contributed by atoms with Gasteiger partial charge in [0.15, 0.2) is 5.82 Å². The van der Waals surface area contributed by atoms with Gasteiger partial charge >= 0.3 is 0 Å². The molecule has 1 aliphatic rings. The van der Waals surface area contributed by atoms with Gasteiger partial charge in [0.05, 0.1) is 29.9 Å². The summed E-state index contributed by atoms with van der Waals surface area (Å²) >= 11 is 0. The molecule has 0 unspecified atom stereocenters. The lowest BCUT2D eigenvalue weighted by Crippen LogP contribution is -2.06. The van der Waals surface area contributed by atoms with Gasteiger partial charge in [-0.15, -0.1) is 0 Å². The lowest BCUT2D eigenvalue weighted by molar-refractivity contribution is 0.627. The molecule has 106 valence electrons. The molecule has 4 rings (SSSR count). The Kier molecular flexibility index (Phi) is 2.63. The van der Waals surface area contributed by atoms with Crippen molar-refractivity contribution in [2.45, 2.75) is 26.3 Å². The number of nitrogens with zero attached hydrogens (tertiary/aromatic N) is 5. The van der Waals surface area contributed by atoms with Crippen molar-refractivity contribution in [3.63, 3.8) is 0 Å². The predicted molar refractivity (Wildman–Crippen MR) is 75.6 cm³/mol. The lowest BCUT2D eigenvalue weighted by Gasteiger charge is -2.08. The van der Waals surface area contributed by atoms with Gasteiger partial charge in [-0.2, -0.15) is 5.10 Å². The van der Waals surface area contributed by atoms with Crippen molar-refractivity contribution >= 4 is 0 Å². The van der Waals surface area contributed by atoms with Crippen LogP contribution in [0.15, 0.2) is 30.9 Å². The second-order valence-corrected chi connectivity index (χ2v) is 5.16. The Hall–Kier alpha value is -2.50. The molecule has 0 saturated heterocycles. The van der Waals surface area contributed by atoms with Crippen molar-refractivity contribution < 1.29 is 4.39 Å². The van der Waals surface area contributed by atoms with Crippen molar-refractivity contribution in [3.05, 3.63) is 48.1 Å². The highest BCUT2D eigenvalue weighted by molar-refractivity contribution is 5.69. The van der Waals surface area contributed by atoms with E-state index in [1.54, 1.807) is 10.7 Å². The molecule has 3 heterocycles. The maximum absolute atomic E-state index is 13.6. The van der Waals surface area contributed by atoms with E-state index in [9.17, 15) is 4.39 Å². The average molecular weight is 283 g/mol. The molecule has 3 aromatic rings. The minimum atomic E-state index is -0.277. The largest absolute Gasteiger partial charge is 0.300 e. The van der Waals surface area contributed by atoms with Crippen LogP contribution in [0.25, 0.3) is 17.1 Å². The second kappa shape index (κ2) is 4.51. The highest BCUT2D eigenvalue weighted by Crippen LogP contribution is 2.31. The number of imidazole rings is 1. The van der Waals surface area contributed by atoms with E-state index in [2.05, 4.69) is 22.0 Å². The molecule has 0 atom stereocenters. The predicted octanol–water partition coefficient (Wildman–Crippen LogP) is 2.58. The van der Waals surface area contributed by atoms with Gasteiger partial charge in [-0.25, -0.2) is 19.0 Å². The normalized spacial score (nSPS) is 12.5. The lowest BCUT2D eigenvalue weighted by atomic mass is 10.1. The maximum Gasteiger partial charge on any atom is 0.160 e. The zero-order valence-electron chi connectivity index (χ0n) is 11.6. The fourth-order valence-electron chi connectivity index (χ4n) is 2.86. The van der Waals surface area contributed by atoms with E-state index < -0.39 is 0 Å². The van der Waals surface area contributed by atoms with E-state index in [0.29, 0.717) is 12.4 Å². The molecule has 1 aromatic carbocycles. The number of benzene rings is 1. The molecule has 5 nitrogen and oxygen atoms in total. The Morgan fingerprint density at radius 1 is 1.29 bits per heavy atom. The Bertz CT molecular complexity index is 817. The van der Waals surface area contributed by atoms with Crippen molar-refractivity contribution in [2.24, 2.45) is 0 Å². The molecule has 0 fully saturated rings. The Balaban J connectivity index is 2.02. The summed E-state index contributed by atoms with van der Waals surface area (Å²) in [5.41, 5.74) is 3.80. The molecule has 2 aromatic heterocycles. The number of rotatable bonds is 2. The van der Waals surface area contributed by atoms with Crippen LogP contribution < -0.4 is 0 Å². The van der Waals surface area contributed by atoms with E-state index in [1.807, 2.05) is 10.9 Å². The van der Waals surface area contributed by atoms with Crippen molar-refractivity contribution in [1.82, 2.24) is 24.3 Å². The summed E-state index contributed by atoms with van der Waals surface area (Å²) in [6.07, 6.45) is 5.27. The van der Waals surface area contributed by atoms with Crippen LogP contribution >= 0.6 is 0 Å². The fraction of sp³-hybridized carbons (Fsp3) is 0.267. The minimum Gasteiger partial charge on any atom is -0.300 e. The Labute approximate surface area is 121 Å². The molecule has 1 aliphatic heterocycles. The van der Waals surface area contributed by atoms with Crippen LogP contribution in [-0.4, -0.2) is 24.3 Å². The van der Waals surface area contributed by atoms with E-state index >= 15 is 0 Å². The van der Waals surface area contributed by atoms with E-state index in [4.69, 9.17) is 0 Å². The minimum absolute atomic E-state index is 0.277. The van der Waals surface area contributed by atoms with Gasteiger partial charge in [-0.05, 0) is 24.6 Å². The van der Waals surface area contributed by atoms with Crippen LogP contribution in [0.4, 0.5) is 4.39 Å². The standard InChI is InChI=1S/C15H14FN5/c1-2-3-12-14-7-21-15(17-8-19-21)11-6-10(16)4-5-13(11)20(14)9-18-12/h4-6,8-9H,2-3,7H2,1H3. The van der Waals surface area contributed by atoms with Crippen LogP contribution in [0.2, 0.25) is 0 Å². The summed E-state index contributed by atoms with van der Waals surface area (Å²) in [5.74, 6) is 0.413. The number of halogens is 1. The summed E-state index contributed by atoms with van der Waals surface area (Å²) in [6.45, 7) is 2.73. The first-order valence-corrected chi connectivity index (χ1v) is 7.01. The van der Waals surface area contributed by atoms with E-state index in [1.165, 1.54) is 18.5 Å². The molecule has 0 saturated carbocycles. The molecular weight excluding hydrogens is 269 g/mol. The third kappa shape index (κ3) is 1.79. The van der Waals surface area contributed by atoms with Crippen LogP contribution in [0.3, 0.4) is 0 Å². The number of fused-ring (bicyclic) bond motifs is 5. The first-order chi connectivity index (χ1) is 10.3. The van der Waals surface area contributed by atoms with Crippen molar-refractivity contribution in [2.75, 3.05) is 0 Å². The molecule has 0 spiro atoms.